The molecule has 1 atom stereocenters. The van der Waals surface area contributed by atoms with Crippen molar-refractivity contribution in [2.75, 3.05) is 19.0 Å². The molecule has 0 aliphatic carbocycles. The van der Waals surface area contributed by atoms with Crippen molar-refractivity contribution in [1.29, 1.82) is 0 Å². The van der Waals surface area contributed by atoms with Gasteiger partial charge in [-0.05, 0) is 12.1 Å². The predicted octanol–water partition coefficient (Wildman–Crippen LogP) is 1.64. The number of rotatable bonds is 1. The zero-order valence-corrected chi connectivity index (χ0v) is 10.3. The average Bonchev–Trinajstić information content (AvgIpc) is 2.34. The summed E-state index contributed by atoms with van der Waals surface area (Å²) in [6.45, 7) is 0. The minimum absolute atomic E-state index is 0.225. The van der Waals surface area contributed by atoms with Gasteiger partial charge in [0, 0.05) is 41.7 Å². The number of hydrogen-bond donors (Lipinski definition) is 2. The number of aliphatic hydroxyl groups is 1. The van der Waals surface area contributed by atoms with E-state index < -0.39 is 6.23 Å². The maximum absolute atomic E-state index is 11.9. The Kier molecular flexibility index (Phi) is 2.28. The number of aliphatic hydroxyl groups excluding tert-OH is 1. The second-order valence-electron chi connectivity index (χ2n) is 4.67. The molecule has 4 heteroatoms. The van der Waals surface area contributed by atoms with E-state index in [0.29, 0.717) is 5.56 Å². The molecule has 4 nitrogen and oxygen atoms in total. The summed E-state index contributed by atoms with van der Waals surface area (Å²) in [7, 11) is 3.92. The molecule has 0 spiro atoms. The maximum atomic E-state index is 11.9. The number of carbonyl (C=O) groups excluding carboxylic acids is 1. The Bertz CT molecular complexity index is 650. The van der Waals surface area contributed by atoms with Crippen LogP contribution in [0.25, 0.3) is 10.8 Å². The van der Waals surface area contributed by atoms with Gasteiger partial charge in [0.15, 0.2) is 6.23 Å². The summed E-state index contributed by atoms with van der Waals surface area (Å²) in [6.07, 6.45) is -0.925. The number of nitrogens with one attached hydrogen (secondary N) is 1. The van der Waals surface area contributed by atoms with Crippen LogP contribution < -0.4 is 10.2 Å². The molecular weight excluding hydrogens is 228 g/mol. The Morgan fingerprint density at radius 1 is 1.22 bits per heavy atom. The van der Waals surface area contributed by atoms with E-state index >= 15 is 0 Å². The topological polar surface area (TPSA) is 52.6 Å². The number of benzene rings is 2. The van der Waals surface area contributed by atoms with Crippen LogP contribution >= 0.6 is 0 Å². The Labute approximate surface area is 105 Å². The summed E-state index contributed by atoms with van der Waals surface area (Å²) < 4.78 is 0. The van der Waals surface area contributed by atoms with Crippen LogP contribution in [0.3, 0.4) is 0 Å². The van der Waals surface area contributed by atoms with Gasteiger partial charge in [0.1, 0.15) is 0 Å². The molecule has 1 unspecified atom stereocenters. The van der Waals surface area contributed by atoms with Crippen LogP contribution in [-0.2, 0) is 0 Å². The third-order valence-electron chi connectivity index (χ3n) is 3.34. The average molecular weight is 242 g/mol. The normalized spacial score (nSPS) is 17.7. The van der Waals surface area contributed by atoms with Crippen LogP contribution in [0.4, 0.5) is 5.69 Å². The fourth-order valence-corrected chi connectivity index (χ4v) is 2.51. The second kappa shape index (κ2) is 3.71. The highest BCUT2D eigenvalue weighted by molar-refractivity contribution is 6.13. The van der Waals surface area contributed by atoms with Gasteiger partial charge in [-0.3, -0.25) is 4.79 Å². The molecule has 0 bridgehead atoms. The Morgan fingerprint density at radius 3 is 2.72 bits per heavy atom. The Balaban J connectivity index is 2.45. The molecule has 92 valence electrons. The zero-order chi connectivity index (χ0) is 12.9. The molecule has 2 aromatic rings. The number of carbonyl (C=O) groups is 1. The van der Waals surface area contributed by atoms with Crippen LogP contribution in [0.2, 0.25) is 0 Å². The fraction of sp³-hybridized carbons (Fsp3) is 0.214. The van der Waals surface area contributed by atoms with Crippen molar-refractivity contribution in [3.8, 4) is 0 Å². The molecule has 1 aliphatic rings. The summed E-state index contributed by atoms with van der Waals surface area (Å²) in [5.74, 6) is -0.225. The third kappa shape index (κ3) is 1.39. The molecular formula is C14H14N2O2. The highest BCUT2D eigenvalue weighted by atomic mass is 16.3. The first-order chi connectivity index (χ1) is 8.59. The van der Waals surface area contributed by atoms with Gasteiger partial charge in [-0.1, -0.05) is 18.2 Å². The lowest BCUT2D eigenvalue weighted by atomic mass is 9.93. The number of hydrogen-bond acceptors (Lipinski definition) is 3. The van der Waals surface area contributed by atoms with Gasteiger partial charge in [0.2, 0.25) is 0 Å². The minimum atomic E-state index is -0.925. The first-order valence-corrected chi connectivity index (χ1v) is 5.81. The first-order valence-electron chi connectivity index (χ1n) is 5.81. The van der Waals surface area contributed by atoms with E-state index in [1.165, 1.54) is 0 Å². The van der Waals surface area contributed by atoms with Crippen molar-refractivity contribution in [3.05, 3.63) is 41.5 Å². The lowest BCUT2D eigenvalue weighted by Gasteiger charge is -2.25. The first kappa shape index (κ1) is 11.0. The highest BCUT2D eigenvalue weighted by Gasteiger charge is 2.25. The molecule has 0 aromatic heterocycles. The quantitative estimate of drug-likeness (QED) is 0.799. The molecule has 2 N–H and O–H groups in total. The van der Waals surface area contributed by atoms with Crippen molar-refractivity contribution in [1.82, 2.24) is 5.32 Å². The summed E-state index contributed by atoms with van der Waals surface area (Å²) in [5, 5.41) is 14.3. The van der Waals surface area contributed by atoms with Crippen LogP contribution in [0.15, 0.2) is 30.3 Å². The van der Waals surface area contributed by atoms with Crippen LogP contribution in [0.1, 0.15) is 22.1 Å². The van der Waals surface area contributed by atoms with E-state index in [1.807, 2.05) is 49.3 Å². The molecule has 2 aromatic carbocycles. The van der Waals surface area contributed by atoms with Crippen molar-refractivity contribution < 1.29 is 9.90 Å². The maximum Gasteiger partial charge on any atom is 0.254 e. The van der Waals surface area contributed by atoms with E-state index in [9.17, 15) is 9.90 Å². The molecule has 0 fully saturated rings. The Morgan fingerprint density at radius 2 is 2.00 bits per heavy atom. The van der Waals surface area contributed by atoms with Gasteiger partial charge in [-0.25, -0.2) is 0 Å². The Hall–Kier alpha value is -2.07. The predicted molar refractivity (Wildman–Crippen MR) is 70.7 cm³/mol. The van der Waals surface area contributed by atoms with Crippen molar-refractivity contribution in [3.63, 3.8) is 0 Å². The van der Waals surface area contributed by atoms with E-state index in [0.717, 1.165) is 22.0 Å². The lowest BCUT2D eigenvalue weighted by molar-refractivity contribution is 0.0773. The zero-order valence-electron chi connectivity index (χ0n) is 10.3. The molecule has 0 saturated carbocycles. The van der Waals surface area contributed by atoms with E-state index in [2.05, 4.69) is 5.32 Å². The SMILES string of the molecule is CN(C)c1ccc2c3c(cccc13)C(O)NC2=O. The second-order valence-corrected chi connectivity index (χ2v) is 4.67. The van der Waals surface area contributed by atoms with E-state index in [1.54, 1.807) is 0 Å². The monoisotopic (exact) mass is 242 g/mol. The number of nitrogens with zero attached hydrogens (tertiary/aromatic N) is 1. The smallest absolute Gasteiger partial charge is 0.254 e. The third-order valence-corrected chi connectivity index (χ3v) is 3.34. The molecule has 0 radical (unpaired) electrons. The summed E-state index contributed by atoms with van der Waals surface area (Å²) >= 11 is 0. The molecule has 3 rings (SSSR count). The number of anilines is 1. The molecule has 1 aliphatic heterocycles. The largest absolute Gasteiger partial charge is 0.377 e. The lowest BCUT2D eigenvalue weighted by Crippen LogP contribution is -2.32. The molecule has 1 heterocycles. The summed E-state index contributed by atoms with van der Waals surface area (Å²) in [6, 6.07) is 9.45. The highest BCUT2D eigenvalue weighted by Crippen LogP contribution is 2.35. The van der Waals surface area contributed by atoms with Crippen LogP contribution in [-0.4, -0.2) is 25.1 Å². The van der Waals surface area contributed by atoms with E-state index in [-0.39, 0.29) is 5.91 Å². The van der Waals surface area contributed by atoms with Gasteiger partial charge in [-0.2, -0.15) is 0 Å². The van der Waals surface area contributed by atoms with Crippen molar-refractivity contribution in [2.45, 2.75) is 6.23 Å². The molecule has 1 amide bonds. The van der Waals surface area contributed by atoms with Gasteiger partial charge < -0.3 is 15.3 Å². The van der Waals surface area contributed by atoms with Crippen LogP contribution in [0.5, 0.6) is 0 Å². The van der Waals surface area contributed by atoms with Crippen molar-refractivity contribution >= 4 is 22.4 Å². The standard InChI is InChI=1S/C14H14N2O2/c1-16(2)11-7-6-10-12-8(11)4-3-5-9(12)13(17)15-14(10)18/h3-7,13,17H,1-2H3,(H,15,18). The number of amides is 1. The van der Waals surface area contributed by atoms with Crippen LogP contribution in [0, 0.1) is 0 Å². The van der Waals surface area contributed by atoms with Gasteiger partial charge in [0.05, 0.1) is 0 Å². The van der Waals surface area contributed by atoms with Gasteiger partial charge >= 0.3 is 0 Å². The van der Waals surface area contributed by atoms with E-state index in [4.69, 9.17) is 0 Å². The molecule has 18 heavy (non-hydrogen) atoms. The summed E-state index contributed by atoms with van der Waals surface area (Å²) in [5.41, 5.74) is 2.42. The van der Waals surface area contributed by atoms with Gasteiger partial charge in [0.25, 0.3) is 5.91 Å². The molecule has 0 saturated heterocycles. The minimum Gasteiger partial charge on any atom is -0.377 e. The van der Waals surface area contributed by atoms with Gasteiger partial charge in [-0.15, -0.1) is 0 Å². The summed E-state index contributed by atoms with van der Waals surface area (Å²) in [4.78, 5) is 13.9. The van der Waals surface area contributed by atoms with Crippen molar-refractivity contribution in [2.24, 2.45) is 0 Å². The fourth-order valence-electron chi connectivity index (χ4n) is 2.51.